The number of fused-ring (bicyclic) bond motifs is 1. The number of nitrogens with one attached hydrogen (secondary N) is 1. The van der Waals surface area contributed by atoms with Gasteiger partial charge in [0.1, 0.15) is 12.1 Å². The van der Waals surface area contributed by atoms with Crippen LogP contribution in [0, 0.1) is 0 Å². The molecular formula is C26H29N5O2. The zero-order valence-corrected chi connectivity index (χ0v) is 19.0. The molecule has 33 heavy (non-hydrogen) atoms. The first-order chi connectivity index (χ1) is 16.0. The van der Waals surface area contributed by atoms with Gasteiger partial charge in [0, 0.05) is 18.7 Å². The van der Waals surface area contributed by atoms with E-state index in [-0.39, 0.29) is 23.5 Å². The fourth-order valence-corrected chi connectivity index (χ4v) is 4.74. The number of benzene rings is 2. The normalized spacial score (nSPS) is 23.0. The quantitative estimate of drug-likeness (QED) is 0.714. The average Bonchev–Trinajstić information content (AvgIpc) is 3.22. The van der Waals surface area contributed by atoms with Crippen molar-refractivity contribution in [2.75, 3.05) is 13.7 Å². The van der Waals surface area contributed by atoms with Gasteiger partial charge in [0.2, 0.25) is 0 Å². The highest BCUT2D eigenvalue weighted by atomic mass is 16.5. The minimum absolute atomic E-state index is 0.200. The van der Waals surface area contributed by atoms with Crippen LogP contribution in [0.3, 0.4) is 0 Å². The molecular weight excluding hydrogens is 414 g/mol. The van der Waals surface area contributed by atoms with E-state index in [1.165, 1.54) is 12.0 Å². The number of rotatable bonds is 6. The summed E-state index contributed by atoms with van der Waals surface area (Å²) in [6.07, 6.45) is 4.90. The minimum atomic E-state index is -0.264. The van der Waals surface area contributed by atoms with Crippen LogP contribution in [-0.2, 0) is 15.1 Å². The molecule has 2 aromatic carbocycles. The molecule has 0 saturated heterocycles. The maximum Gasteiger partial charge on any atom is 0.271 e. The van der Waals surface area contributed by atoms with Crippen LogP contribution in [-0.4, -0.2) is 36.1 Å². The lowest BCUT2D eigenvalue weighted by molar-refractivity contribution is -0.114. The van der Waals surface area contributed by atoms with Crippen LogP contribution in [0.25, 0.3) is 0 Å². The van der Waals surface area contributed by atoms with Crippen molar-refractivity contribution in [2.45, 2.75) is 43.8 Å². The minimum Gasteiger partial charge on any atom is -0.490 e. The van der Waals surface area contributed by atoms with Crippen molar-refractivity contribution < 1.29 is 9.53 Å². The maximum atomic E-state index is 12.4. The summed E-state index contributed by atoms with van der Waals surface area (Å²) in [4.78, 5) is 17.5. The SMILES string of the molecule is CCOC1=CC(C(=O)NC)=NN2C1=NC(c1ccc(C3(N)CCC3)cc1)C2c1ccccc1. The summed E-state index contributed by atoms with van der Waals surface area (Å²) in [6, 6.07) is 18.3. The lowest BCUT2D eigenvalue weighted by Crippen LogP contribution is -2.43. The van der Waals surface area contributed by atoms with Gasteiger partial charge in [0.05, 0.1) is 6.61 Å². The number of hydrogen-bond donors (Lipinski definition) is 2. The molecule has 1 aliphatic carbocycles. The second kappa shape index (κ2) is 8.48. The van der Waals surface area contributed by atoms with E-state index in [2.05, 4.69) is 41.7 Å². The Morgan fingerprint density at radius 3 is 2.48 bits per heavy atom. The van der Waals surface area contributed by atoms with E-state index >= 15 is 0 Å². The number of carbonyl (C=O) groups excluding carboxylic acids is 1. The summed E-state index contributed by atoms with van der Waals surface area (Å²) in [7, 11) is 1.60. The topological polar surface area (TPSA) is 92.3 Å². The van der Waals surface area contributed by atoms with Crippen LogP contribution >= 0.6 is 0 Å². The number of hydrazone groups is 1. The molecule has 1 fully saturated rings. The predicted molar refractivity (Wildman–Crippen MR) is 129 cm³/mol. The number of amidine groups is 1. The van der Waals surface area contributed by atoms with Crippen LogP contribution in [0.5, 0.6) is 0 Å². The van der Waals surface area contributed by atoms with Gasteiger partial charge in [-0.05, 0) is 42.9 Å². The van der Waals surface area contributed by atoms with Gasteiger partial charge < -0.3 is 15.8 Å². The summed E-state index contributed by atoms with van der Waals surface area (Å²) in [5.41, 5.74) is 9.95. The molecule has 0 bridgehead atoms. The number of amides is 1. The molecule has 0 aromatic heterocycles. The largest absolute Gasteiger partial charge is 0.490 e. The van der Waals surface area contributed by atoms with Crippen LogP contribution in [0.2, 0.25) is 0 Å². The Kier molecular flexibility index (Phi) is 5.50. The van der Waals surface area contributed by atoms with Crippen LogP contribution in [0.1, 0.15) is 55.0 Å². The Morgan fingerprint density at radius 2 is 1.88 bits per heavy atom. The van der Waals surface area contributed by atoms with Crippen molar-refractivity contribution in [3.8, 4) is 0 Å². The molecule has 2 unspecified atom stereocenters. The summed E-state index contributed by atoms with van der Waals surface area (Å²) in [5.74, 6) is 0.933. The van der Waals surface area contributed by atoms with Crippen LogP contribution < -0.4 is 11.1 Å². The summed E-state index contributed by atoms with van der Waals surface area (Å²) >= 11 is 0. The van der Waals surface area contributed by atoms with Gasteiger partial charge >= 0.3 is 0 Å². The molecule has 1 saturated carbocycles. The lowest BCUT2D eigenvalue weighted by Gasteiger charge is -2.38. The standard InChI is InChI=1S/C26H29N5O2/c1-3-33-21-16-20(25(32)28-2)30-31-23(18-8-5-4-6-9-18)22(29-24(21)31)17-10-12-19(13-11-17)26(27)14-7-15-26/h4-6,8-13,16,22-23H,3,7,14-15,27H2,1-2H3,(H,28,32). The Hall–Kier alpha value is -3.45. The first kappa shape index (κ1) is 21.4. The van der Waals surface area contributed by atoms with E-state index in [1.54, 1.807) is 13.1 Å². The Morgan fingerprint density at radius 1 is 1.15 bits per heavy atom. The molecule has 2 aliphatic heterocycles. The van der Waals surface area contributed by atoms with Crippen molar-refractivity contribution in [3.63, 3.8) is 0 Å². The summed E-state index contributed by atoms with van der Waals surface area (Å²) < 4.78 is 5.89. The van der Waals surface area contributed by atoms with Crippen molar-refractivity contribution in [1.82, 2.24) is 10.3 Å². The van der Waals surface area contributed by atoms with E-state index in [0.717, 1.165) is 24.0 Å². The maximum absolute atomic E-state index is 12.4. The van der Waals surface area contributed by atoms with Crippen molar-refractivity contribution >= 4 is 17.5 Å². The molecule has 3 N–H and O–H groups in total. The first-order valence-electron chi connectivity index (χ1n) is 11.5. The van der Waals surface area contributed by atoms with Gasteiger partial charge in [-0.25, -0.2) is 5.01 Å². The van der Waals surface area contributed by atoms with E-state index in [0.29, 0.717) is 23.9 Å². The van der Waals surface area contributed by atoms with Gasteiger partial charge in [-0.2, -0.15) is 5.10 Å². The zero-order chi connectivity index (χ0) is 23.0. The zero-order valence-electron chi connectivity index (χ0n) is 19.0. The highest BCUT2D eigenvalue weighted by Crippen LogP contribution is 2.45. The number of nitrogens with two attached hydrogens (primary N) is 1. The van der Waals surface area contributed by atoms with Gasteiger partial charge in [-0.1, -0.05) is 54.6 Å². The van der Waals surface area contributed by atoms with Gasteiger partial charge in [0.15, 0.2) is 17.3 Å². The van der Waals surface area contributed by atoms with E-state index in [1.807, 2.05) is 30.1 Å². The highest BCUT2D eigenvalue weighted by molar-refractivity contribution is 6.44. The monoisotopic (exact) mass is 443 g/mol. The summed E-state index contributed by atoms with van der Waals surface area (Å²) in [6.45, 7) is 2.38. The second-order valence-electron chi connectivity index (χ2n) is 8.74. The number of ether oxygens (including phenoxy) is 1. The fraction of sp³-hybridized carbons (Fsp3) is 0.346. The third-order valence-electron chi connectivity index (χ3n) is 6.72. The number of hydrogen-bond acceptors (Lipinski definition) is 6. The number of nitrogens with zero attached hydrogens (tertiary/aromatic N) is 3. The molecule has 2 heterocycles. The molecule has 5 rings (SSSR count). The third-order valence-corrected chi connectivity index (χ3v) is 6.72. The Balaban J connectivity index is 1.58. The summed E-state index contributed by atoms with van der Waals surface area (Å²) in [5, 5.41) is 9.18. The molecule has 1 amide bonds. The lowest BCUT2D eigenvalue weighted by atomic mass is 9.72. The second-order valence-corrected chi connectivity index (χ2v) is 8.74. The molecule has 7 nitrogen and oxygen atoms in total. The molecule has 170 valence electrons. The molecule has 3 aliphatic rings. The van der Waals surface area contributed by atoms with Crippen molar-refractivity contribution in [1.29, 1.82) is 0 Å². The van der Waals surface area contributed by atoms with Crippen LogP contribution in [0.15, 0.2) is 76.5 Å². The average molecular weight is 444 g/mol. The Labute approximate surface area is 194 Å². The van der Waals surface area contributed by atoms with E-state index in [4.69, 9.17) is 20.6 Å². The van der Waals surface area contributed by atoms with Gasteiger partial charge in [0.25, 0.3) is 5.91 Å². The van der Waals surface area contributed by atoms with Gasteiger partial charge in [-0.3, -0.25) is 9.79 Å². The Bertz CT molecular complexity index is 1130. The fourth-order valence-electron chi connectivity index (χ4n) is 4.74. The number of carbonyl (C=O) groups is 1. The van der Waals surface area contributed by atoms with Crippen molar-refractivity contribution in [3.05, 3.63) is 83.1 Å². The highest BCUT2D eigenvalue weighted by Gasteiger charge is 2.43. The van der Waals surface area contributed by atoms with E-state index < -0.39 is 0 Å². The molecule has 2 atom stereocenters. The smallest absolute Gasteiger partial charge is 0.271 e. The molecule has 0 radical (unpaired) electrons. The molecule has 0 spiro atoms. The van der Waals surface area contributed by atoms with Crippen molar-refractivity contribution in [2.24, 2.45) is 15.8 Å². The third kappa shape index (κ3) is 3.72. The first-order valence-corrected chi connectivity index (χ1v) is 11.5. The molecule has 2 aromatic rings. The van der Waals surface area contributed by atoms with Crippen LogP contribution in [0.4, 0.5) is 0 Å². The van der Waals surface area contributed by atoms with Gasteiger partial charge in [-0.15, -0.1) is 0 Å². The van der Waals surface area contributed by atoms with E-state index in [9.17, 15) is 4.79 Å². The number of aliphatic imine (C=N–C) groups is 1. The predicted octanol–water partition coefficient (Wildman–Crippen LogP) is 3.56. The molecule has 7 heteroatoms.